The van der Waals surface area contributed by atoms with Gasteiger partial charge in [0.15, 0.2) is 0 Å². The molecule has 0 spiro atoms. The van der Waals surface area contributed by atoms with E-state index in [2.05, 4.69) is 8.93 Å². The fourth-order valence-corrected chi connectivity index (χ4v) is 6.12. The van der Waals surface area contributed by atoms with Gasteiger partial charge in [0.25, 0.3) is 0 Å². The molecule has 0 aliphatic carbocycles. The smallest absolute Gasteiger partial charge is 0.0633 e. The molecule has 0 saturated carbocycles. The highest BCUT2D eigenvalue weighted by molar-refractivity contribution is 8.24. The first-order valence-corrected chi connectivity index (χ1v) is 9.12. The zero-order chi connectivity index (χ0) is 10.9. The van der Waals surface area contributed by atoms with Crippen LogP contribution in [-0.4, -0.2) is 53.6 Å². The van der Waals surface area contributed by atoms with E-state index < -0.39 is 6.95 Å². The van der Waals surface area contributed by atoms with Crippen molar-refractivity contribution in [3.05, 3.63) is 0 Å². The Balaban J connectivity index is 3.89. The van der Waals surface area contributed by atoms with Crippen molar-refractivity contribution in [2.45, 2.75) is 19.3 Å². The molecule has 1 atom stereocenters. The molecule has 0 aromatic rings. The number of aliphatic hydroxyl groups is 3. The lowest BCUT2D eigenvalue weighted by Gasteiger charge is -2.21. The summed E-state index contributed by atoms with van der Waals surface area (Å²) in [7, 11) is 2.94. The van der Waals surface area contributed by atoms with Crippen LogP contribution in [0.4, 0.5) is 0 Å². The summed E-state index contributed by atoms with van der Waals surface area (Å²) in [6.07, 6.45) is 5.67. The largest absolute Gasteiger partial charge is 0.396 e. The Morgan fingerprint density at radius 1 is 0.714 bits per heavy atom. The van der Waals surface area contributed by atoms with Gasteiger partial charge in [-0.3, -0.25) is 0 Å². The van der Waals surface area contributed by atoms with Gasteiger partial charge in [-0.1, -0.05) is 0 Å². The van der Waals surface area contributed by atoms with Gasteiger partial charge in [-0.25, -0.2) is 0 Å². The average molecular weight is 241 g/mol. The summed E-state index contributed by atoms with van der Waals surface area (Å²) < 4.78 is 0. The van der Waals surface area contributed by atoms with E-state index in [4.69, 9.17) is 15.3 Å². The summed E-state index contributed by atoms with van der Waals surface area (Å²) in [5, 5.41) is 26.4. The highest BCUT2D eigenvalue weighted by Gasteiger charge is 2.29. The van der Waals surface area contributed by atoms with Crippen LogP contribution in [0, 0.1) is 0 Å². The van der Waals surface area contributed by atoms with E-state index in [1.54, 1.807) is 0 Å². The zero-order valence-electron chi connectivity index (χ0n) is 8.73. The lowest BCUT2D eigenvalue weighted by Crippen LogP contribution is -2.06. The minimum Gasteiger partial charge on any atom is -0.396 e. The molecule has 0 bridgehead atoms. The third-order valence-corrected chi connectivity index (χ3v) is 8.23. The maximum atomic E-state index is 8.79. The molecule has 1 unspecified atom stereocenters. The van der Waals surface area contributed by atoms with Crippen LogP contribution in [0.3, 0.4) is 0 Å². The Kier molecular flexibility index (Phi) is 9.48. The molecular weight excluding hydrogens is 218 g/mol. The first kappa shape index (κ1) is 14.7. The van der Waals surface area contributed by atoms with Crippen LogP contribution in [0.2, 0.25) is 0 Å². The van der Waals surface area contributed by atoms with Crippen LogP contribution in [0.5, 0.6) is 0 Å². The van der Waals surface area contributed by atoms with Gasteiger partial charge in [-0.15, -0.1) is 0 Å². The molecule has 86 valence electrons. The summed E-state index contributed by atoms with van der Waals surface area (Å²) in [5.74, 6) is 0. The Bertz CT molecular complexity index is 111. The van der Waals surface area contributed by atoms with Crippen molar-refractivity contribution in [1.29, 1.82) is 0 Å². The topological polar surface area (TPSA) is 60.7 Å². The second kappa shape index (κ2) is 9.00. The van der Waals surface area contributed by atoms with Gasteiger partial charge in [-0.05, 0) is 0 Å². The molecule has 0 amide bonds. The number of aliphatic hydroxyl groups excluding tert-OH is 3. The number of rotatable bonds is 9. The van der Waals surface area contributed by atoms with Gasteiger partial charge in [0.05, 0.1) is 18.5 Å². The molecular formula is C9H23O3P2+. The second-order valence-corrected chi connectivity index (χ2v) is 10.7. The van der Waals surface area contributed by atoms with E-state index in [-0.39, 0.29) is 19.8 Å². The maximum absolute atomic E-state index is 8.79. The quantitative estimate of drug-likeness (QED) is 0.526. The van der Waals surface area contributed by atoms with Crippen LogP contribution in [0.25, 0.3) is 0 Å². The Hall–Kier alpha value is 0.740. The van der Waals surface area contributed by atoms with E-state index in [1.807, 2.05) is 0 Å². The Morgan fingerprint density at radius 3 is 1.21 bits per heavy atom. The number of hydrogen-bond acceptors (Lipinski definition) is 3. The predicted octanol–water partition coefficient (Wildman–Crippen LogP) is 0.941. The monoisotopic (exact) mass is 241 g/mol. The minimum absolute atomic E-state index is 0.244. The first-order valence-electron chi connectivity index (χ1n) is 5.16. The molecule has 0 aromatic carbocycles. The van der Waals surface area contributed by atoms with Gasteiger partial charge >= 0.3 is 0 Å². The maximum Gasteiger partial charge on any atom is 0.0633 e. The molecule has 0 aliphatic rings. The Labute approximate surface area is 89.4 Å². The third kappa shape index (κ3) is 7.09. The summed E-state index contributed by atoms with van der Waals surface area (Å²) in [4.78, 5) is 0. The molecule has 0 heterocycles. The minimum atomic E-state index is -1.08. The van der Waals surface area contributed by atoms with Crippen molar-refractivity contribution in [1.82, 2.24) is 0 Å². The molecule has 0 saturated heterocycles. The normalized spacial score (nSPS) is 12.0. The van der Waals surface area contributed by atoms with Gasteiger partial charge in [0.1, 0.15) is 0 Å². The molecule has 3 nitrogen and oxygen atoms in total. The van der Waals surface area contributed by atoms with Crippen molar-refractivity contribution in [3.63, 3.8) is 0 Å². The van der Waals surface area contributed by atoms with Crippen molar-refractivity contribution < 1.29 is 15.3 Å². The van der Waals surface area contributed by atoms with E-state index in [1.165, 1.54) is 0 Å². The highest BCUT2D eigenvalue weighted by Crippen LogP contribution is 2.67. The van der Waals surface area contributed by atoms with Gasteiger partial charge in [0, 0.05) is 55.0 Å². The molecule has 14 heavy (non-hydrogen) atoms. The van der Waals surface area contributed by atoms with Crippen LogP contribution < -0.4 is 0 Å². The van der Waals surface area contributed by atoms with E-state index in [9.17, 15) is 0 Å². The third-order valence-electron chi connectivity index (χ3n) is 2.28. The van der Waals surface area contributed by atoms with E-state index >= 15 is 0 Å². The van der Waals surface area contributed by atoms with Gasteiger partial charge in [0.2, 0.25) is 0 Å². The molecule has 0 rings (SSSR count). The van der Waals surface area contributed by atoms with Crippen LogP contribution in [0.15, 0.2) is 0 Å². The van der Waals surface area contributed by atoms with Crippen molar-refractivity contribution >= 4 is 15.9 Å². The van der Waals surface area contributed by atoms with Crippen LogP contribution in [-0.2, 0) is 0 Å². The molecule has 3 N–H and O–H groups in total. The van der Waals surface area contributed by atoms with E-state index in [0.29, 0.717) is 0 Å². The standard InChI is InChI=1S/C9H23O3P2/c10-4-1-7-14(13,8-2-5-11)9-3-6-12/h10-12H,1-9,13H2/q+1. The SMILES string of the molecule is OCCC[P+](P)(CCCO)CCCO. The fraction of sp³-hybridized carbons (Fsp3) is 1.00. The molecule has 5 heteroatoms. The molecule has 0 aromatic heterocycles. The Morgan fingerprint density at radius 2 is 1.00 bits per heavy atom. The predicted molar refractivity (Wildman–Crippen MR) is 66.3 cm³/mol. The van der Waals surface area contributed by atoms with Crippen molar-refractivity contribution in [3.8, 4) is 0 Å². The summed E-state index contributed by atoms with van der Waals surface area (Å²) in [6, 6.07) is 0. The zero-order valence-corrected chi connectivity index (χ0v) is 10.8. The number of hydrogen-bond donors (Lipinski definition) is 3. The van der Waals surface area contributed by atoms with Crippen molar-refractivity contribution in [2.24, 2.45) is 0 Å². The van der Waals surface area contributed by atoms with Crippen molar-refractivity contribution in [2.75, 3.05) is 38.3 Å². The lowest BCUT2D eigenvalue weighted by atomic mass is 10.5. The molecule has 0 fully saturated rings. The summed E-state index contributed by atoms with van der Waals surface area (Å²) in [6.45, 7) is -0.349. The summed E-state index contributed by atoms with van der Waals surface area (Å²) in [5.41, 5.74) is 0. The molecule has 0 radical (unpaired) electrons. The highest BCUT2D eigenvalue weighted by atomic mass is 32.1. The van der Waals surface area contributed by atoms with E-state index in [0.717, 1.165) is 37.7 Å². The average Bonchev–Trinajstić information content (AvgIpc) is 2.21. The summed E-state index contributed by atoms with van der Waals surface area (Å²) >= 11 is 0. The van der Waals surface area contributed by atoms with Gasteiger partial charge in [-0.2, -0.15) is 0 Å². The first-order chi connectivity index (χ1) is 6.68. The fourth-order valence-electron chi connectivity index (χ4n) is 1.49. The second-order valence-electron chi connectivity index (χ2n) is 3.62. The van der Waals surface area contributed by atoms with Crippen LogP contribution >= 0.6 is 15.9 Å². The molecule has 0 aliphatic heterocycles. The van der Waals surface area contributed by atoms with Gasteiger partial charge < -0.3 is 15.3 Å². The van der Waals surface area contributed by atoms with Crippen LogP contribution in [0.1, 0.15) is 19.3 Å². The lowest BCUT2D eigenvalue weighted by molar-refractivity contribution is 0.292.